The average molecular weight is 337 g/mol. The summed E-state index contributed by atoms with van der Waals surface area (Å²) in [6, 6.07) is 28.4. The Morgan fingerprint density at radius 1 is 0.750 bits per heavy atom. The average Bonchev–Trinajstić information content (AvgIpc) is 2.63. The molecule has 3 aromatic carbocycles. The van der Waals surface area contributed by atoms with Gasteiger partial charge in [0, 0.05) is 0 Å². The molecule has 0 heterocycles. The predicted octanol–water partition coefficient (Wildman–Crippen LogP) is 4.25. The van der Waals surface area contributed by atoms with Crippen molar-refractivity contribution in [2.45, 2.75) is 14.7 Å². The van der Waals surface area contributed by atoms with E-state index >= 15 is 0 Å². The third-order valence-corrected chi connectivity index (χ3v) is 5.61. The van der Waals surface area contributed by atoms with Gasteiger partial charge < -0.3 is 9.84 Å². The molecule has 0 radical (unpaired) electrons. The number of aliphatic carboxylic acids is 1. The molecule has 0 aliphatic carbocycles. The van der Waals surface area contributed by atoms with Gasteiger partial charge in [0.2, 0.25) is 0 Å². The van der Waals surface area contributed by atoms with E-state index in [2.05, 4.69) is 24.3 Å². The molecule has 0 aliphatic rings. The zero-order valence-corrected chi connectivity index (χ0v) is 13.8. The first-order valence-electron chi connectivity index (χ1n) is 7.53. The number of hydrogen-bond donors (Lipinski definition) is 1. The van der Waals surface area contributed by atoms with Crippen molar-refractivity contribution in [2.24, 2.45) is 0 Å². The van der Waals surface area contributed by atoms with E-state index in [-0.39, 0.29) is 17.5 Å². The zero-order valence-electron chi connectivity index (χ0n) is 13.0. The Morgan fingerprint density at radius 3 is 1.67 bits per heavy atom. The summed E-state index contributed by atoms with van der Waals surface area (Å²) in [5.74, 6) is -0.418. The second-order valence-corrected chi connectivity index (χ2v) is 7.11. The number of benzene rings is 3. The summed E-state index contributed by atoms with van der Waals surface area (Å²) in [7, 11) is -0.207. The van der Waals surface area contributed by atoms with Crippen molar-refractivity contribution in [2.75, 3.05) is 6.61 Å². The molecule has 0 saturated heterocycles. The topological polar surface area (TPSA) is 46.5 Å². The van der Waals surface area contributed by atoms with Crippen molar-refractivity contribution in [3.8, 4) is 5.75 Å². The minimum absolute atomic E-state index is 0.207. The van der Waals surface area contributed by atoms with Gasteiger partial charge in [-0.25, -0.2) is 4.79 Å². The Balaban J connectivity index is 1.93. The SMILES string of the molecule is O=C(O)COc1ccc([S+](c2ccccc2)c2ccccc2)cc1. The molecule has 0 spiro atoms. The van der Waals surface area contributed by atoms with Gasteiger partial charge in [0.15, 0.2) is 21.3 Å². The summed E-state index contributed by atoms with van der Waals surface area (Å²) in [4.78, 5) is 14.2. The summed E-state index contributed by atoms with van der Waals surface area (Å²) in [6.07, 6.45) is 0. The summed E-state index contributed by atoms with van der Waals surface area (Å²) in [5.41, 5.74) is 0. The molecule has 0 aliphatic heterocycles. The molecule has 3 rings (SSSR count). The summed E-state index contributed by atoms with van der Waals surface area (Å²) in [6.45, 7) is -0.331. The number of rotatable bonds is 6. The normalized spacial score (nSPS) is 10.5. The lowest BCUT2D eigenvalue weighted by Crippen LogP contribution is -2.09. The molecule has 4 heteroatoms. The lowest BCUT2D eigenvalue weighted by atomic mass is 10.3. The maximum absolute atomic E-state index is 10.6. The third kappa shape index (κ3) is 3.97. The Bertz CT molecular complexity index is 747. The summed E-state index contributed by atoms with van der Waals surface area (Å²) >= 11 is 0. The number of carboxylic acids is 1. The Kier molecular flexibility index (Phi) is 5.18. The molecule has 3 nitrogen and oxygen atoms in total. The van der Waals surface area contributed by atoms with Gasteiger partial charge in [-0.2, -0.15) is 0 Å². The Labute approximate surface area is 143 Å². The highest BCUT2D eigenvalue weighted by atomic mass is 32.2. The molecule has 3 aromatic rings. The third-order valence-electron chi connectivity index (χ3n) is 3.38. The van der Waals surface area contributed by atoms with Gasteiger partial charge in [0.05, 0.1) is 10.9 Å². The standard InChI is InChI=1S/C20H16O3S/c21-20(22)15-23-16-11-13-19(14-12-16)24(17-7-3-1-4-8-17)18-9-5-2-6-10-18/h1-14H,15H2/p+1. The zero-order chi connectivity index (χ0) is 16.8. The molecule has 24 heavy (non-hydrogen) atoms. The highest BCUT2D eigenvalue weighted by Gasteiger charge is 2.28. The minimum atomic E-state index is -0.979. The van der Waals surface area contributed by atoms with Crippen LogP contribution in [0.3, 0.4) is 0 Å². The fourth-order valence-electron chi connectivity index (χ4n) is 2.34. The monoisotopic (exact) mass is 337 g/mol. The van der Waals surface area contributed by atoms with Crippen molar-refractivity contribution in [1.82, 2.24) is 0 Å². The van der Waals surface area contributed by atoms with E-state index in [0.29, 0.717) is 5.75 Å². The van der Waals surface area contributed by atoms with E-state index in [1.165, 1.54) is 9.79 Å². The highest BCUT2D eigenvalue weighted by Crippen LogP contribution is 2.31. The molecule has 0 bridgehead atoms. The van der Waals surface area contributed by atoms with Crippen molar-refractivity contribution >= 4 is 16.9 Å². The molecule has 0 atom stereocenters. The van der Waals surface area contributed by atoms with Crippen LogP contribution in [0.2, 0.25) is 0 Å². The molecular formula is C20H17O3S+. The van der Waals surface area contributed by atoms with Crippen LogP contribution in [-0.4, -0.2) is 17.7 Å². The Hall–Kier alpha value is -2.72. The van der Waals surface area contributed by atoms with Gasteiger partial charge in [-0.3, -0.25) is 0 Å². The minimum Gasteiger partial charge on any atom is -0.482 e. The summed E-state index contributed by atoms with van der Waals surface area (Å²) in [5, 5.41) is 8.69. The fourth-order valence-corrected chi connectivity index (χ4v) is 4.42. The van der Waals surface area contributed by atoms with Crippen LogP contribution in [0.25, 0.3) is 0 Å². The van der Waals surface area contributed by atoms with Crippen LogP contribution < -0.4 is 4.74 Å². The number of ether oxygens (including phenoxy) is 1. The van der Waals surface area contributed by atoms with Gasteiger partial charge in [-0.1, -0.05) is 36.4 Å². The van der Waals surface area contributed by atoms with Crippen LogP contribution >= 0.6 is 0 Å². The largest absolute Gasteiger partial charge is 0.482 e. The number of carboxylic acid groups (broad SMARTS) is 1. The first kappa shape index (κ1) is 16.1. The van der Waals surface area contributed by atoms with Gasteiger partial charge in [-0.15, -0.1) is 0 Å². The molecule has 0 saturated carbocycles. The maximum Gasteiger partial charge on any atom is 0.341 e. The van der Waals surface area contributed by atoms with Gasteiger partial charge >= 0.3 is 5.97 Å². The van der Waals surface area contributed by atoms with Crippen molar-refractivity contribution in [1.29, 1.82) is 0 Å². The first-order valence-corrected chi connectivity index (χ1v) is 8.75. The molecule has 0 unspecified atom stereocenters. The number of hydrogen-bond acceptors (Lipinski definition) is 2. The Morgan fingerprint density at radius 2 is 1.21 bits per heavy atom. The van der Waals surface area contributed by atoms with E-state index in [1.807, 2.05) is 60.7 Å². The van der Waals surface area contributed by atoms with E-state index in [0.717, 1.165) is 4.90 Å². The van der Waals surface area contributed by atoms with Gasteiger partial charge in [-0.05, 0) is 48.5 Å². The lowest BCUT2D eigenvalue weighted by Gasteiger charge is -2.09. The van der Waals surface area contributed by atoms with E-state index in [4.69, 9.17) is 9.84 Å². The molecule has 0 amide bonds. The summed E-state index contributed by atoms with van der Waals surface area (Å²) < 4.78 is 5.22. The molecular weight excluding hydrogens is 320 g/mol. The van der Waals surface area contributed by atoms with E-state index in [1.54, 1.807) is 0 Å². The van der Waals surface area contributed by atoms with E-state index in [9.17, 15) is 4.79 Å². The van der Waals surface area contributed by atoms with Gasteiger partial charge in [0.1, 0.15) is 5.75 Å². The van der Waals surface area contributed by atoms with Crippen LogP contribution in [0.15, 0.2) is 99.6 Å². The smallest absolute Gasteiger partial charge is 0.341 e. The molecule has 0 aromatic heterocycles. The second kappa shape index (κ2) is 7.70. The van der Waals surface area contributed by atoms with Crippen molar-refractivity contribution < 1.29 is 14.6 Å². The first-order chi connectivity index (χ1) is 11.7. The molecule has 120 valence electrons. The lowest BCUT2D eigenvalue weighted by molar-refractivity contribution is -0.139. The molecule has 1 N–H and O–H groups in total. The quantitative estimate of drug-likeness (QED) is 0.684. The molecule has 0 fully saturated rings. The fraction of sp³-hybridized carbons (Fsp3) is 0.0500. The maximum atomic E-state index is 10.6. The second-order valence-electron chi connectivity index (χ2n) is 5.09. The van der Waals surface area contributed by atoms with Crippen molar-refractivity contribution in [3.05, 3.63) is 84.9 Å². The van der Waals surface area contributed by atoms with Crippen LogP contribution in [0.1, 0.15) is 0 Å². The predicted molar refractivity (Wildman–Crippen MR) is 94.6 cm³/mol. The van der Waals surface area contributed by atoms with E-state index < -0.39 is 5.97 Å². The van der Waals surface area contributed by atoms with Crippen LogP contribution in [-0.2, 0) is 15.7 Å². The van der Waals surface area contributed by atoms with Crippen molar-refractivity contribution in [3.63, 3.8) is 0 Å². The van der Waals surface area contributed by atoms with Crippen LogP contribution in [0, 0.1) is 0 Å². The van der Waals surface area contributed by atoms with Gasteiger partial charge in [0.25, 0.3) is 0 Å². The van der Waals surface area contributed by atoms with Crippen LogP contribution in [0.5, 0.6) is 5.75 Å². The highest BCUT2D eigenvalue weighted by molar-refractivity contribution is 7.97. The van der Waals surface area contributed by atoms with Crippen LogP contribution in [0.4, 0.5) is 0 Å². The number of carbonyl (C=O) groups is 1.